The molecule has 2 N–H and O–H groups in total. The van der Waals surface area contributed by atoms with Crippen molar-refractivity contribution in [2.24, 2.45) is 0 Å². The van der Waals surface area contributed by atoms with Crippen molar-refractivity contribution in [1.82, 2.24) is 15.5 Å². The lowest BCUT2D eigenvalue weighted by Crippen LogP contribution is -2.44. The molecule has 0 aromatic heterocycles. The molecule has 1 aromatic rings. The van der Waals surface area contributed by atoms with Gasteiger partial charge in [-0.25, -0.2) is 0 Å². The molecule has 0 bridgehead atoms. The van der Waals surface area contributed by atoms with Crippen LogP contribution in [0, 0.1) is 6.92 Å². The summed E-state index contributed by atoms with van der Waals surface area (Å²) in [6.07, 6.45) is 0.950. The Bertz CT molecular complexity index is 509. The number of nitrogens with zero attached hydrogens (tertiary/aromatic N) is 1. The standard InChI is InChI=1S/C17H27N3O3.ClH/c1-13-15(22-2)11-14(12-16(13)23-3)17(21)19-5-4-8-20-9-6-18-7-10-20;/h11-12,18H,4-10H2,1-3H3,(H,19,21);1H. The fourth-order valence-electron chi connectivity index (χ4n) is 2.76. The van der Waals surface area contributed by atoms with Gasteiger partial charge in [0.1, 0.15) is 11.5 Å². The zero-order valence-corrected chi connectivity index (χ0v) is 15.5. The van der Waals surface area contributed by atoms with Crippen molar-refractivity contribution in [2.45, 2.75) is 13.3 Å². The number of halogens is 1. The van der Waals surface area contributed by atoms with Crippen LogP contribution in [0.2, 0.25) is 0 Å². The van der Waals surface area contributed by atoms with Gasteiger partial charge in [-0.3, -0.25) is 4.79 Å². The second-order valence-electron chi connectivity index (χ2n) is 5.71. The van der Waals surface area contributed by atoms with Crippen LogP contribution in [0.1, 0.15) is 22.3 Å². The largest absolute Gasteiger partial charge is 0.496 e. The summed E-state index contributed by atoms with van der Waals surface area (Å²) in [4.78, 5) is 14.7. The molecule has 24 heavy (non-hydrogen) atoms. The first-order valence-electron chi connectivity index (χ1n) is 8.09. The molecule has 136 valence electrons. The van der Waals surface area contributed by atoms with Crippen molar-refractivity contribution in [3.05, 3.63) is 23.3 Å². The predicted octanol–water partition coefficient (Wildman–Crippen LogP) is 1.46. The van der Waals surface area contributed by atoms with Crippen LogP contribution in [0.3, 0.4) is 0 Å². The van der Waals surface area contributed by atoms with Gasteiger partial charge < -0.3 is 25.0 Å². The molecular formula is C17H28ClN3O3. The highest BCUT2D eigenvalue weighted by Gasteiger charge is 2.14. The maximum Gasteiger partial charge on any atom is 0.251 e. The van der Waals surface area contributed by atoms with E-state index in [9.17, 15) is 4.79 Å². The Morgan fingerprint density at radius 2 is 1.79 bits per heavy atom. The van der Waals surface area contributed by atoms with Gasteiger partial charge in [0, 0.05) is 43.9 Å². The van der Waals surface area contributed by atoms with E-state index in [-0.39, 0.29) is 18.3 Å². The van der Waals surface area contributed by atoms with Crippen molar-refractivity contribution < 1.29 is 14.3 Å². The predicted molar refractivity (Wildman–Crippen MR) is 97.8 cm³/mol. The number of hydrogen-bond acceptors (Lipinski definition) is 5. The molecule has 1 fully saturated rings. The molecule has 6 nitrogen and oxygen atoms in total. The lowest BCUT2D eigenvalue weighted by molar-refractivity contribution is 0.0950. The number of nitrogens with one attached hydrogen (secondary N) is 2. The summed E-state index contributed by atoms with van der Waals surface area (Å²) in [6.45, 7) is 7.86. The minimum absolute atomic E-state index is 0. The molecular weight excluding hydrogens is 330 g/mol. The molecule has 0 radical (unpaired) electrons. The molecule has 0 unspecified atom stereocenters. The van der Waals surface area contributed by atoms with Crippen molar-refractivity contribution in [2.75, 3.05) is 53.5 Å². The summed E-state index contributed by atoms with van der Waals surface area (Å²) < 4.78 is 10.6. The summed E-state index contributed by atoms with van der Waals surface area (Å²) >= 11 is 0. The van der Waals surface area contributed by atoms with Crippen LogP contribution in [-0.4, -0.2) is 64.3 Å². The summed E-state index contributed by atoms with van der Waals surface area (Å²) in [5, 5.41) is 6.30. The fourth-order valence-corrected chi connectivity index (χ4v) is 2.76. The van der Waals surface area contributed by atoms with E-state index in [2.05, 4.69) is 15.5 Å². The lowest BCUT2D eigenvalue weighted by Gasteiger charge is -2.27. The zero-order chi connectivity index (χ0) is 16.7. The van der Waals surface area contributed by atoms with Gasteiger partial charge in [0.05, 0.1) is 14.2 Å². The quantitative estimate of drug-likeness (QED) is 0.723. The number of piperazine rings is 1. The third-order valence-electron chi connectivity index (χ3n) is 4.16. The van der Waals surface area contributed by atoms with Crippen LogP contribution in [0.25, 0.3) is 0 Å². The fraction of sp³-hybridized carbons (Fsp3) is 0.588. The van der Waals surface area contributed by atoms with E-state index >= 15 is 0 Å². The van der Waals surface area contributed by atoms with Crippen LogP contribution >= 0.6 is 12.4 Å². The molecule has 0 atom stereocenters. The highest BCUT2D eigenvalue weighted by atomic mass is 35.5. The minimum Gasteiger partial charge on any atom is -0.496 e. The molecule has 0 saturated carbocycles. The molecule has 1 saturated heterocycles. The number of benzene rings is 1. The van der Waals surface area contributed by atoms with E-state index in [4.69, 9.17) is 9.47 Å². The number of carbonyl (C=O) groups is 1. The Labute approximate surface area is 150 Å². The average molecular weight is 358 g/mol. The van der Waals surface area contributed by atoms with E-state index in [1.54, 1.807) is 26.4 Å². The van der Waals surface area contributed by atoms with Gasteiger partial charge in [-0.2, -0.15) is 0 Å². The van der Waals surface area contributed by atoms with Crippen molar-refractivity contribution in [3.63, 3.8) is 0 Å². The molecule has 1 aliphatic rings. The van der Waals surface area contributed by atoms with Gasteiger partial charge in [0.2, 0.25) is 0 Å². The van der Waals surface area contributed by atoms with Gasteiger partial charge in [0.15, 0.2) is 0 Å². The second-order valence-corrected chi connectivity index (χ2v) is 5.71. The van der Waals surface area contributed by atoms with Gasteiger partial charge in [-0.15, -0.1) is 12.4 Å². The molecule has 1 aromatic carbocycles. The number of methoxy groups -OCH3 is 2. The van der Waals surface area contributed by atoms with Gasteiger partial charge >= 0.3 is 0 Å². The van der Waals surface area contributed by atoms with Gasteiger partial charge in [-0.1, -0.05) is 0 Å². The van der Waals surface area contributed by atoms with Crippen molar-refractivity contribution in [3.8, 4) is 11.5 Å². The van der Waals surface area contributed by atoms with E-state index in [1.807, 2.05) is 6.92 Å². The third kappa shape index (κ3) is 5.54. The summed E-state index contributed by atoms with van der Waals surface area (Å²) in [5.41, 5.74) is 1.46. The highest BCUT2D eigenvalue weighted by Crippen LogP contribution is 2.29. The normalized spacial score (nSPS) is 14.6. The molecule has 1 amide bonds. The maximum atomic E-state index is 12.3. The van der Waals surface area contributed by atoms with Crippen LogP contribution in [0.15, 0.2) is 12.1 Å². The average Bonchev–Trinajstić information content (AvgIpc) is 2.59. The Morgan fingerprint density at radius 3 is 2.33 bits per heavy atom. The Morgan fingerprint density at radius 1 is 1.21 bits per heavy atom. The van der Waals surface area contributed by atoms with E-state index in [1.165, 1.54) is 0 Å². The van der Waals surface area contributed by atoms with E-state index in [0.717, 1.165) is 44.7 Å². The highest BCUT2D eigenvalue weighted by molar-refractivity contribution is 5.95. The Hall–Kier alpha value is -1.50. The van der Waals surface area contributed by atoms with E-state index in [0.29, 0.717) is 23.6 Å². The van der Waals surface area contributed by atoms with Crippen LogP contribution < -0.4 is 20.1 Å². The van der Waals surface area contributed by atoms with Crippen LogP contribution in [-0.2, 0) is 0 Å². The lowest BCUT2D eigenvalue weighted by atomic mass is 10.1. The number of ether oxygens (including phenoxy) is 2. The summed E-state index contributed by atoms with van der Waals surface area (Å²) in [5.74, 6) is 1.23. The van der Waals surface area contributed by atoms with E-state index < -0.39 is 0 Å². The Kier molecular flexibility index (Phi) is 8.89. The smallest absolute Gasteiger partial charge is 0.251 e. The minimum atomic E-state index is -0.0955. The Balaban J connectivity index is 0.00000288. The maximum absolute atomic E-state index is 12.3. The summed E-state index contributed by atoms with van der Waals surface area (Å²) in [7, 11) is 3.19. The summed E-state index contributed by atoms with van der Waals surface area (Å²) in [6, 6.07) is 3.51. The van der Waals surface area contributed by atoms with Gasteiger partial charge in [-0.05, 0) is 32.0 Å². The number of amides is 1. The first-order chi connectivity index (χ1) is 11.2. The topological polar surface area (TPSA) is 62.8 Å². The van der Waals surface area contributed by atoms with Crippen molar-refractivity contribution in [1.29, 1.82) is 0 Å². The molecule has 1 heterocycles. The third-order valence-corrected chi connectivity index (χ3v) is 4.16. The first-order valence-corrected chi connectivity index (χ1v) is 8.09. The van der Waals surface area contributed by atoms with Crippen LogP contribution in [0.5, 0.6) is 11.5 Å². The molecule has 0 aliphatic carbocycles. The monoisotopic (exact) mass is 357 g/mol. The SMILES string of the molecule is COc1cc(C(=O)NCCCN2CCNCC2)cc(OC)c1C.Cl. The molecule has 7 heteroatoms. The van der Waals surface area contributed by atoms with Crippen LogP contribution in [0.4, 0.5) is 0 Å². The zero-order valence-electron chi connectivity index (χ0n) is 14.7. The first kappa shape index (κ1) is 20.5. The number of carbonyl (C=O) groups excluding carboxylic acids is 1. The number of rotatable bonds is 7. The van der Waals surface area contributed by atoms with Crippen molar-refractivity contribution >= 4 is 18.3 Å². The molecule has 2 rings (SSSR count). The van der Waals surface area contributed by atoms with Gasteiger partial charge in [0.25, 0.3) is 5.91 Å². The molecule has 0 spiro atoms. The molecule has 1 aliphatic heterocycles. The second kappa shape index (κ2) is 10.4. The number of hydrogen-bond donors (Lipinski definition) is 2.